The normalized spacial score (nSPS) is 10.6. The lowest BCUT2D eigenvalue weighted by atomic mass is 10.00. The molecule has 0 spiro atoms. The zero-order valence-corrected chi connectivity index (χ0v) is 12.4. The van der Waals surface area contributed by atoms with Gasteiger partial charge in [-0.1, -0.05) is 12.1 Å². The highest BCUT2D eigenvalue weighted by Crippen LogP contribution is 2.28. The van der Waals surface area contributed by atoms with Crippen LogP contribution in [-0.2, 0) is 0 Å². The first-order valence-corrected chi connectivity index (χ1v) is 6.81. The lowest BCUT2D eigenvalue weighted by Gasteiger charge is -2.09. The van der Waals surface area contributed by atoms with Crippen molar-refractivity contribution in [1.29, 1.82) is 0 Å². The zero-order valence-electron chi connectivity index (χ0n) is 12.4. The molecule has 3 heteroatoms. The summed E-state index contributed by atoms with van der Waals surface area (Å²) in [5, 5.41) is 1.11. The van der Waals surface area contributed by atoms with Crippen LogP contribution in [-0.4, -0.2) is 19.2 Å². The monoisotopic (exact) mass is 279 g/mol. The van der Waals surface area contributed by atoms with Gasteiger partial charge in [0.25, 0.3) is 0 Å². The molecule has 0 bridgehead atoms. The summed E-state index contributed by atoms with van der Waals surface area (Å²) in [4.78, 5) is 4.51. The summed E-state index contributed by atoms with van der Waals surface area (Å²) in [5.74, 6) is 1.51. The predicted molar refractivity (Wildman–Crippen MR) is 85.0 cm³/mol. The molecule has 3 rings (SSSR count). The number of aromatic nitrogens is 1. The molecule has 21 heavy (non-hydrogen) atoms. The Labute approximate surface area is 124 Å². The van der Waals surface area contributed by atoms with Crippen LogP contribution in [0, 0.1) is 6.92 Å². The van der Waals surface area contributed by atoms with Crippen molar-refractivity contribution in [3.8, 4) is 22.8 Å². The van der Waals surface area contributed by atoms with Crippen molar-refractivity contribution >= 4 is 10.9 Å². The highest BCUT2D eigenvalue weighted by Gasteiger charge is 2.06. The summed E-state index contributed by atoms with van der Waals surface area (Å²) in [6.07, 6.45) is 0. The van der Waals surface area contributed by atoms with Crippen LogP contribution >= 0.6 is 0 Å². The third-order valence-electron chi connectivity index (χ3n) is 3.59. The summed E-state index contributed by atoms with van der Waals surface area (Å²) in [7, 11) is 3.31. The molecule has 106 valence electrons. The van der Waals surface area contributed by atoms with Crippen molar-refractivity contribution < 1.29 is 9.47 Å². The number of rotatable bonds is 3. The maximum atomic E-state index is 5.20. The van der Waals surface area contributed by atoms with E-state index in [1.807, 2.05) is 24.3 Å². The second-order valence-electron chi connectivity index (χ2n) is 4.95. The first-order chi connectivity index (χ1) is 10.2. The lowest BCUT2D eigenvalue weighted by molar-refractivity contribution is 0.399. The Morgan fingerprint density at radius 1 is 0.810 bits per heavy atom. The van der Waals surface area contributed by atoms with Crippen LogP contribution in [0.4, 0.5) is 0 Å². The molecule has 0 amide bonds. The molecule has 0 unspecified atom stereocenters. The molecule has 0 fully saturated rings. The first-order valence-electron chi connectivity index (χ1n) is 6.81. The molecule has 1 aromatic heterocycles. The summed E-state index contributed by atoms with van der Waals surface area (Å²) in [6.45, 7) is 2.07. The minimum absolute atomic E-state index is 0.641. The van der Waals surface area contributed by atoms with Crippen molar-refractivity contribution in [2.45, 2.75) is 6.92 Å². The summed E-state index contributed by atoms with van der Waals surface area (Å²) < 4.78 is 10.4. The molecular formula is C18H17NO2. The van der Waals surface area contributed by atoms with E-state index < -0.39 is 0 Å². The molecule has 0 radical (unpaired) electrons. The second-order valence-corrected chi connectivity index (χ2v) is 4.95. The van der Waals surface area contributed by atoms with Crippen LogP contribution in [0.25, 0.3) is 22.0 Å². The number of nitrogens with zero attached hydrogens (tertiary/aromatic N) is 1. The molecule has 0 aliphatic carbocycles. The van der Waals surface area contributed by atoms with Crippen LogP contribution in [0.1, 0.15) is 5.56 Å². The highest BCUT2D eigenvalue weighted by atomic mass is 16.5. The van der Waals surface area contributed by atoms with Crippen LogP contribution < -0.4 is 9.47 Å². The number of hydrogen-bond acceptors (Lipinski definition) is 3. The van der Waals surface area contributed by atoms with Crippen LogP contribution in [0.15, 0.2) is 48.5 Å². The van der Waals surface area contributed by atoms with Crippen molar-refractivity contribution in [3.63, 3.8) is 0 Å². The Kier molecular flexibility index (Phi) is 3.48. The first kappa shape index (κ1) is 13.4. The molecule has 0 saturated heterocycles. The van der Waals surface area contributed by atoms with E-state index >= 15 is 0 Å². The number of pyridine rings is 1. The van der Waals surface area contributed by atoms with Gasteiger partial charge in [0.15, 0.2) is 0 Å². The van der Waals surface area contributed by atoms with Gasteiger partial charge in [-0.05, 0) is 53.9 Å². The second kappa shape index (κ2) is 5.44. The van der Waals surface area contributed by atoms with E-state index in [1.54, 1.807) is 14.2 Å². The maximum absolute atomic E-state index is 5.20. The topological polar surface area (TPSA) is 31.4 Å². The summed E-state index contributed by atoms with van der Waals surface area (Å²) >= 11 is 0. The average Bonchev–Trinajstić information content (AvgIpc) is 2.54. The number of benzene rings is 2. The van der Waals surface area contributed by atoms with E-state index in [0.29, 0.717) is 5.88 Å². The standard InChI is InChI=1S/C18H17NO2/c1-12-10-15(13-4-7-16(20-2)8-5-13)11-14-6-9-17(21-3)19-18(12)14/h4-11H,1-3H3. The number of aryl methyl sites for hydroxylation is 1. The van der Waals surface area contributed by atoms with E-state index in [1.165, 1.54) is 5.56 Å². The fraction of sp³-hybridized carbons (Fsp3) is 0.167. The predicted octanol–water partition coefficient (Wildman–Crippen LogP) is 4.23. The minimum Gasteiger partial charge on any atom is -0.497 e. The Hall–Kier alpha value is -2.55. The third kappa shape index (κ3) is 2.55. The van der Waals surface area contributed by atoms with Gasteiger partial charge in [0.1, 0.15) is 5.75 Å². The van der Waals surface area contributed by atoms with Crippen molar-refractivity contribution in [2.24, 2.45) is 0 Å². The van der Waals surface area contributed by atoms with Crippen LogP contribution in [0.5, 0.6) is 11.6 Å². The Morgan fingerprint density at radius 2 is 1.57 bits per heavy atom. The number of fused-ring (bicyclic) bond motifs is 1. The highest BCUT2D eigenvalue weighted by molar-refractivity contribution is 5.87. The van der Waals surface area contributed by atoms with Gasteiger partial charge in [0.2, 0.25) is 5.88 Å². The summed E-state index contributed by atoms with van der Waals surface area (Å²) in [5.41, 5.74) is 4.45. The van der Waals surface area contributed by atoms with E-state index in [0.717, 1.165) is 27.8 Å². The van der Waals surface area contributed by atoms with E-state index in [-0.39, 0.29) is 0 Å². The summed E-state index contributed by atoms with van der Waals surface area (Å²) in [6, 6.07) is 16.3. The quantitative estimate of drug-likeness (QED) is 0.719. The van der Waals surface area contributed by atoms with Crippen molar-refractivity contribution in [1.82, 2.24) is 4.98 Å². The number of methoxy groups -OCH3 is 2. The van der Waals surface area contributed by atoms with Gasteiger partial charge >= 0.3 is 0 Å². The van der Waals surface area contributed by atoms with Crippen LogP contribution in [0.2, 0.25) is 0 Å². The van der Waals surface area contributed by atoms with E-state index in [4.69, 9.17) is 9.47 Å². The van der Waals surface area contributed by atoms with Gasteiger partial charge in [-0.25, -0.2) is 4.98 Å². The Bertz CT molecular complexity index is 779. The smallest absolute Gasteiger partial charge is 0.213 e. The zero-order chi connectivity index (χ0) is 14.8. The lowest BCUT2D eigenvalue weighted by Crippen LogP contribution is -1.91. The fourth-order valence-corrected chi connectivity index (χ4v) is 2.46. The van der Waals surface area contributed by atoms with E-state index in [2.05, 4.69) is 36.2 Å². The van der Waals surface area contributed by atoms with Crippen molar-refractivity contribution in [2.75, 3.05) is 14.2 Å². The fourth-order valence-electron chi connectivity index (χ4n) is 2.46. The molecular weight excluding hydrogens is 262 g/mol. The molecule has 1 heterocycles. The molecule has 0 atom stereocenters. The van der Waals surface area contributed by atoms with Crippen molar-refractivity contribution in [3.05, 3.63) is 54.1 Å². The molecule has 3 nitrogen and oxygen atoms in total. The Morgan fingerprint density at radius 3 is 2.24 bits per heavy atom. The molecule has 3 aromatic rings. The maximum Gasteiger partial charge on any atom is 0.213 e. The molecule has 0 aliphatic heterocycles. The van der Waals surface area contributed by atoms with Gasteiger partial charge in [0, 0.05) is 11.5 Å². The molecule has 0 saturated carbocycles. The largest absolute Gasteiger partial charge is 0.497 e. The molecule has 0 aliphatic rings. The minimum atomic E-state index is 0.641. The van der Waals surface area contributed by atoms with Gasteiger partial charge in [-0.15, -0.1) is 0 Å². The SMILES string of the molecule is COc1ccc(-c2cc(C)c3nc(OC)ccc3c2)cc1. The number of ether oxygens (including phenoxy) is 2. The molecule has 2 aromatic carbocycles. The van der Waals surface area contributed by atoms with Gasteiger partial charge in [0.05, 0.1) is 19.7 Å². The van der Waals surface area contributed by atoms with Gasteiger partial charge in [-0.2, -0.15) is 0 Å². The number of hydrogen-bond donors (Lipinski definition) is 0. The van der Waals surface area contributed by atoms with Crippen LogP contribution in [0.3, 0.4) is 0 Å². The molecule has 0 N–H and O–H groups in total. The Balaban J connectivity index is 2.11. The van der Waals surface area contributed by atoms with Gasteiger partial charge in [-0.3, -0.25) is 0 Å². The van der Waals surface area contributed by atoms with Gasteiger partial charge < -0.3 is 9.47 Å². The van der Waals surface area contributed by atoms with E-state index in [9.17, 15) is 0 Å². The average molecular weight is 279 g/mol. The third-order valence-corrected chi connectivity index (χ3v) is 3.59.